The van der Waals surface area contributed by atoms with Gasteiger partial charge in [-0.3, -0.25) is 4.79 Å². The topological polar surface area (TPSA) is 83.8 Å². The molecule has 0 aliphatic heterocycles. The molecule has 0 saturated heterocycles. The number of nitrogens with one attached hydrogen (secondary N) is 2. The molecule has 0 spiro atoms. The molecule has 0 bridgehead atoms. The van der Waals surface area contributed by atoms with Crippen molar-refractivity contribution in [3.05, 3.63) is 53.5 Å². The smallest absolute Gasteiger partial charge is 0.258 e. The lowest BCUT2D eigenvalue weighted by Gasteiger charge is -2.07. The van der Waals surface area contributed by atoms with Gasteiger partial charge in [0, 0.05) is 23.1 Å². The van der Waals surface area contributed by atoms with E-state index in [0.29, 0.717) is 28.1 Å². The van der Waals surface area contributed by atoms with Crippen LogP contribution in [0.5, 0.6) is 0 Å². The van der Waals surface area contributed by atoms with Gasteiger partial charge in [0.2, 0.25) is 0 Å². The third-order valence-corrected chi connectivity index (χ3v) is 3.80. The van der Waals surface area contributed by atoms with E-state index in [4.69, 9.17) is 4.52 Å². The van der Waals surface area contributed by atoms with Crippen molar-refractivity contribution in [3.63, 3.8) is 0 Å². The van der Waals surface area contributed by atoms with Crippen LogP contribution in [0.2, 0.25) is 0 Å². The number of hydrogen-bond acceptors (Lipinski definition) is 4. The SMILES string of the molecule is Cc1cc(C(=O)Nc2ccc3cc[nH]c3c2)c2c(C)noc2n1. The third kappa shape index (κ3) is 2.24. The molecule has 0 saturated carbocycles. The number of aryl methyl sites for hydroxylation is 2. The first-order valence-corrected chi connectivity index (χ1v) is 7.24. The molecule has 0 fully saturated rings. The summed E-state index contributed by atoms with van der Waals surface area (Å²) < 4.78 is 5.17. The number of hydrogen-bond donors (Lipinski definition) is 2. The summed E-state index contributed by atoms with van der Waals surface area (Å²) in [5.41, 5.74) is 3.95. The van der Waals surface area contributed by atoms with E-state index in [9.17, 15) is 4.79 Å². The molecule has 6 heteroatoms. The molecule has 1 amide bonds. The van der Waals surface area contributed by atoms with E-state index in [1.807, 2.05) is 37.4 Å². The van der Waals surface area contributed by atoms with Crippen molar-refractivity contribution in [3.8, 4) is 0 Å². The highest BCUT2D eigenvalue weighted by Gasteiger charge is 2.18. The molecule has 3 heterocycles. The number of anilines is 1. The highest BCUT2D eigenvalue weighted by atomic mass is 16.5. The molecule has 4 aromatic rings. The first-order valence-electron chi connectivity index (χ1n) is 7.24. The number of benzene rings is 1. The molecule has 4 rings (SSSR count). The zero-order valence-corrected chi connectivity index (χ0v) is 12.7. The van der Waals surface area contributed by atoms with Crippen LogP contribution in [0.1, 0.15) is 21.7 Å². The van der Waals surface area contributed by atoms with Crippen LogP contribution in [0, 0.1) is 13.8 Å². The van der Waals surface area contributed by atoms with Gasteiger partial charge in [-0.05, 0) is 43.5 Å². The van der Waals surface area contributed by atoms with E-state index < -0.39 is 0 Å². The van der Waals surface area contributed by atoms with Gasteiger partial charge in [-0.1, -0.05) is 11.2 Å². The van der Waals surface area contributed by atoms with Crippen LogP contribution in [-0.4, -0.2) is 21.0 Å². The Bertz CT molecular complexity index is 1050. The van der Waals surface area contributed by atoms with Crippen molar-refractivity contribution in [1.29, 1.82) is 0 Å². The van der Waals surface area contributed by atoms with E-state index in [2.05, 4.69) is 20.4 Å². The van der Waals surface area contributed by atoms with Gasteiger partial charge in [-0.2, -0.15) is 0 Å². The average Bonchev–Trinajstić information content (AvgIpc) is 3.13. The quantitative estimate of drug-likeness (QED) is 0.593. The molecule has 3 aromatic heterocycles. The molecule has 2 N–H and O–H groups in total. The Balaban J connectivity index is 1.75. The normalized spacial score (nSPS) is 11.2. The molecule has 6 nitrogen and oxygen atoms in total. The zero-order valence-electron chi connectivity index (χ0n) is 12.7. The predicted octanol–water partition coefficient (Wildman–Crippen LogP) is 3.57. The van der Waals surface area contributed by atoms with Gasteiger partial charge in [0.15, 0.2) is 0 Å². The maximum atomic E-state index is 12.7. The third-order valence-electron chi connectivity index (χ3n) is 3.80. The van der Waals surface area contributed by atoms with Crippen LogP contribution < -0.4 is 5.32 Å². The fourth-order valence-corrected chi connectivity index (χ4v) is 2.72. The fraction of sp³-hybridized carbons (Fsp3) is 0.118. The second-order valence-electron chi connectivity index (χ2n) is 5.49. The van der Waals surface area contributed by atoms with E-state index in [1.54, 1.807) is 13.0 Å². The van der Waals surface area contributed by atoms with Crippen LogP contribution in [0.25, 0.3) is 22.0 Å². The summed E-state index contributed by atoms with van der Waals surface area (Å²) in [4.78, 5) is 20.1. The van der Waals surface area contributed by atoms with Crippen LogP contribution >= 0.6 is 0 Å². The lowest BCUT2D eigenvalue weighted by Crippen LogP contribution is -2.13. The Labute approximate surface area is 131 Å². The van der Waals surface area contributed by atoms with Crippen LogP contribution in [-0.2, 0) is 0 Å². The Morgan fingerprint density at radius 3 is 2.96 bits per heavy atom. The summed E-state index contributed by atoms with van der Waals surface area (Å²) in [6.45, 7) is 3.61. The first-order chi connectivity index (χ1) is 11.1. The summed E-state index contributed by atoms with van der Waals surface area (Å²) in [5, 5.41) is 8.56. The van der Waals surface area contributed by atoms with Gasteiger partial charge in [0.25, 0.3) is 11.6 Å². The molecule has 114 valence electrons. The van der Waals surface area contributed by atoms with Crippen molar-refractivity contribution in [2.75, 3.05) is 5.32 Å². The molecular formula is C17H14N4O2. The number of carbonyl (C=O) groups excluding carboxylic acids is 1. The Hall–Kier alpha value is -3.15. The molecule has 0 aliphatic carbocycles. The van der Waals surface area contributed by atoms with Gasteiger partial charge in [0.05, 0.1) is 16.6 Å². The minimum absolute atomic E-state index is 0.210. The van der Waals surface area contributed by atoms with Crippen molar-refractivity contribution in [1.82, 2.24) is 15.1 Å². The summed E-state index contributed by atoms with van der Waals surface area (Å²) in [6, 6.07) is 9.46. The molecule has 1 aromatic carbocycles. The minimum atomic E-state index is -0.210. The van der Waals surface area contributed by atoms with Gasteiger partial charge in [-0.25, -0.2) is 4.98 Å². The van der Waals surface area contributed by atoms with Crippen LogP contribution in [0.3, 0.4) is 0 Å². The minimum Gasteiger partial charge on any atom is -0.361 e. The molecular weight excluding hydrogens is 292 g/mol. The number of fused-ring (bicyclic) bond motifs is 2. The number of amides is 1. The van der Waals surface area contributed by atoms with Gasteiger partial charge >= 0.3 is 0 Å². The number of carbonyl (C=O) groups is 1. The Morgan fingerprint density at radius 1 is 1.22 bits per heavy atom. The number of aromatic nitrogens is 3. The molecule has 0 radical (unpaired) electrons. The standard InChI is InChI=1S/C17H14N4O2/c1-9-7-13(15-10(2)21-23-17(15)19-9)16(22)20-12-4-3-11-5-6-18-14(11)8-12/h3-8,18H,1-2H3,(H,20,22). The zero-order chi connectivity index (χ0) is 16.0. The summed E-state index contributed by atoms with van der Waals surface area (Å²) >= 11 is 0. The van der Waals surface area contributed by atoms with E-state index in [0.717, 1.165) is 16.6 Å². The molecule has 0 unspecified atom stereocenters. The van der Waals surface area contributed by atoms with Gasteiger partial charge in [0.1, 0.15) is 0 Å². The first kappa shape index (κ1) is 13.5. The Morgan fingerprint density at radius 2 is 2.09 bits per heavy atom. The van der Waals surface area contributed by atoms with Crippen molar-refractivity contribution < 1.29 is 9.32 Å². The second kappa shape index (κ2) is 4.95. The van der Waals surface area contributed by atoms with Crippen LogP contribution in [0.15, 0.2) is 41.1 Å². The van der Waals surface area contributed by atoms with Crippen LogP contribution in [0.4, 0.5) is 5.69 Å². The number of pyridine rings is 1. The van der Waals surface area contributed by atoms with E-state index in [-0.39, 0.29) is 5.91 Å². The molecule has 0 atom stereocenters. The molecule has 23 heavy (non-hydrogen) atoms. The Kier molecular flexibility index (Phi) is 2.90. The lowest BCUT2D eigenvalue weighted by atomic mass is 10.1. The van der Waals surface area contributed by atoms with Crippen molar-refractivity contribution >= 4 is 33.6 Å². The van der Waals surface area contributed by atoms with E-state index in [1.165, 1.54) is 0 Å². The number of aromatic amines is 1. The molecule has 0 aliphatic rings. The number of H-pyrrole nitrogens is 1. The monoisotopic (exact) mass is 306 g/mol. The summed E-state index contributed by atoms with van der Waals surface area (Å²) in [7, 11) is 0. The second-order valence-corrected chi connectivity index (χ2v) is 5.49. The predicted molar refractivity (Wildman–Crippen MR) is 87.5 cm³/mol. The highest BCUT2D eigenvalue weighted by molar-refractivity contribution is 6.12. The van der Waals surface area contributed by atoms with Crippen molar-refractivity contribution in [2.24, 2.45) is 0 Å². The summed E-state index contributed by atoms with van der Waals surface area (Å²) in [5.74, 6) is -0.210. The summed E-state index contributed by atoms with van der Waals surface area (Å²) in [6.07, 6.45) is 1.87. The van der Waals surface area contributed by atoms with Gasteiger partial charge in [-0.15, -0.1) is 0 Å². The maximum absolute atomic E-state index is 12.7. The fourth-order valence-electron chi connectivity index (χ4n) is 2.72. The largest absolute Gasteiger partial charge is 0.361 e. The maximum Gasteiger partial charge on any atom is 0.258 e. The van der Waals surface area contributed by atoms with E-state index >= 15 is 0 Å². The number of rotatable bonds is 2. The van der Waals surface area contributed by atoms with Gasteiger partial charge < -0.3 is 14.8 Å². The average molecular weight is 306 g/mol. The number of nitrogens with zero attached hydrogens (tertiary/aromatic N) is 2. The lowest BCUT2D eigenvalue weighted by molar-refractivity contribution is 0.102. The highest BCUT2D eigenvalue weighted by Crippen LogP contribution is 2.24. The van der Waals surface area contributed by atoms with Crippen molar-refractivity contribution in [2.45, 2.75) is 13.8 Å².